The first kappa shape index (κ1) is 21.2. The van der Waals surface area contributed by atoms with Crippen LogP contribution in [0.5, 0.6) is 0 Å². The topological polar surface area (TPSA) is 26.3 Å². The van der Waals surface area contributed by atoms with Crippen molar-refractivity contribution in [1.29, 1.82) is 0 Å². The van der Waals surface area contributed by atoms with Gasteiger partial charge in [-0.3, -0.25) is 4.79 Å². The van der Waals surface area contributed by atoms with Crippen LogP contribution in [-0.4, -0.2) is 11.3 Å². The number of alkyl halides is 1. The minimum absolute atomic E-state index is 0.0673. The van der Waals surface area contributed by atoms with Gasteiger partial charge >= 0.3 is 5.97 Å². The van der Waals surface area contributed by atoms with Gasteiger partial charge in [0.1, 0.15) is 6.61 Å². The maximum Gasteiger partial charge on any atom is 0.306 e. The molecular formula is C21H33BrO2. The summed E-state index contributed by atoms with van der Waals surface area (Å²) in [4.78, 5) is 11.7. The number of rotatable bonds is 15. The Bertz CT molecular complexity index is 406. The van der Waals surface area contributed by atoms with E-state index in [2.05, 4.69) is 15.9 Å². The van der Waals surface area contributed by atoms with Crippen molar-refractivity contribution < 1.29 is 9.53 Å². The third-order valence-electron chi connectivity index (χ3n) is 4.26. The molecule has 0 aromatic heterocycles. The van der Waals surface area contributed by atoms with Crippen molar-refractivity contribution in [3.8, 4) is 0 Å². The van der Waals surface area contributed by atoms with E-state index in [1.165, 1.54) is 57.8 Å². The summed E-state index contributed by atoms with van der Waals surface area (Å²) in [7, 11) is 0. The van der Waals surface area contributed by atoms with Gasteiger partial charge in [0.25, 0.3) is 0 Å². The Balaban J connectivity index is 1.82. The minimum Gasteiger partial charge on any atom is -0.461 e. The molecule has 0 amide bonds. The molecule has 1 aromatic rings. The van der Waals surface area contributed by atoms with Gasteiger partial charge in [-0.15, -0.1) is 0 Å². The van der Waals surface area contributed by atoms with Gasteiger partial charge in [0.05, 0.1) is 0 Å². The summed E-state index contributed by atoms with van der Waals surface area (Å²) in [6.07, 6.45) is 14.8. The zero-order chi connectivity index (χ0) is 17.3. The van der Waals surface area contributed by atoms with E-state index in [9.17, 15) is 4.79 Å². The van der Waals surface area contributed by atoms with Crippen LogP contribution in [0.3, 0.4) is 0 Å². The number of ether oxygens (including phenoxy) is 1. The predicted octanol–water partition coefficient (Wildman–Crippen LogP) is 6.81. The van der Waals surface area contributed by atoms with E-state index in [-0.39, 0.29) is 5.97 Å². The molecule has 3 heteroatoms. The number of hydrogen-bond donors (Lipinski definition) is 0. The normalized spacial score (nSPS) is 10.7. The quantitative estimate of drug-likeness (QED) is 0.185. The number of esters is 1. The first-order chi connectivity index (χ1) is 11.8. The molecule has 0 aliphatic rings. The van der Waals surface area contributed by atoms with Crippen molar-refractivity contribution in [3.05, 3.63) is 35.9 Å². The van der Waals surface area contributed by atoms with Gasteiger partial charge in [-0.1, -0.05) is 104 Å². The van der Waals surface area contributed by atoms with Crippen molar-refractivity contribution in [2.45, 2.75) is 83.7 Å². The van der Waals surface area contributed by atoms with Crippen LogP contribution >= 0.6 is 15.9 Å². The summed E-state index contributed by atoms with van der Waals surface area (Å²) in [5.74, 6) is -0.0673. The van der Waals surface area contributed by atoms with Crippen LogP contribution in [0.15, 0.2) is 30.3 Å². The molecule has 0 aliphatic carbocycles. The fourth-order valence-electron chi connectivity index (χ4n) is 2.77. The van der Waals surface area contributed by atoms with Gasteiger partial charge in [0.15, 0.2) is 0 Å². The van der Waals surface area contributed by atoms with Crippen LogP contribution in [-0.2, 0) is 16.1 Å². The summed E-state index contributed by atoms with van der Waals surface area (Å²) in [5, 5.41) is 1.15. The van der Waals surface area contributed by atoms with Crippen LogP contribution in [0.25, 0.3) is 0 Å². The highest BCUT2D eigenvalue weighted by molar-refractivity contribution is 9.09. The second-order valence-corrected chi connectivity index (χ2v) is 7.27. The molecule has 0 fully saturated rings. The maximum absolute atomic E-state index is 11.7. The Hall–Kier alpha value is -0.830. The first-order valence-corrected chi connectivity index (χ1v) is 10.7. The average molecular weight is 397 g/mol. The molecule has 0 atom stereocenters. The molecule has 1 rings (SSSR count). The highest BCUT2D eigenvalue weighted by atomic mass is 79.9. The summed E-state index contributed by atoms with van der Waals surface area (Å²) in [6.45, 7) is 0.398. The lowest BCUT2D eigenvalue weighted by Crippen LogP contribution is -2.04. The lowest BCUT2D eigenvalue weighted by molar-refractivity contribution is -0.145. The van der Waals surface area contributed by atoms with Gasteiger partial charge in [0.2, 0.25) is 0 Å². The van der Waals surface area contributed by atoms with Crippen molar-refractivity contribution in [1.82, 2.24) is 0 Å². The largest absolute Gasteiger partial charge is 0.461 e. The molecule has 0 heterocycles. The van der Waals surface area contributed by atoms with E-state index >= 15 is 0 Å². The summed E-state index contributed by atoms with van der Waals surface area (Å²) in [6, 6.07) is 9.86. The van der Waals surface area contributed by atoms with Crippen LogP contribution in [0.1, 0.15) is 82.6 Å². The number of unbranched alkanes of at least 4 members (excludes halogenated alkanes) is 10. The Morgan fingerprint density at radius 1 is 0.750 bits per heavy atom. The minimum atomic E-state index is -0.0673. The van der Waals surface area contributed by atoms with Crippen molar-refractivity contribution in [2.24, 2.45) is 0 Å². The zero-order valence-electron chi connectivity index (χ0n) is 15.0. The molecule has 0 bridgehead atoms. The van der Waals surface area contributed by atoms with E-state index < -0.39 is 0 Å². The SMILES string of the molecule is O=C(CCCCCCCCCCCCCBr)OCc1ccccc1. The molecule has 0 radical (unpaired) electrons. The van der Waals surface area contributed by atoms with E-state index in [0.29, 0.717) is 13.0 Å². The summed E-state index contributed by atoms with van der Waals surface area (Å²) in [5.41, 5.74) is 1.05. The standard InChI is InChI=1S/C21H33BrO2/c22-18-14-9-7-5-3-1-2-4-6-8-13-17-21(23)24-19-20-15-11-10-12-16-20/h10-12,15-16H,1-9,13-14,17-19H2. The Morgan fingerprint density at radius 2 is 1.25 bits per heavy atom. The number of hydrogen-bond acceptors (Lipinski definition) is 2. The third kappa shape index (κ3) is 12.6. The van der Waals surface area contributed by atoms with Crippen LogP contribution in [0, 0.1) is 0 Å². The van der Waals surface area contributed by atoms with Crippen molar-refractivity contribution in [3.63, 3.8) is 0 Å². The molecule has 0 aliphatic heterocycles. The fraction of sp³-hybridized carbons (Fsp3) is 0.667. The first-order valence-electron chi connectivity index (χ1n) is 9.58. The van der Waals surface area contributed by atoms with Gasteiger partial charge < -0.3 is 4.74 Å². The number of halogens is 1. The van der Waals surface area contributed by atoms with Crippen LogP contribution in [0.2, 0.25) is 0 Å². The molecule has 136 valence electrons. The van der Waals surface area contributed by atoms with Crippen LogP contribution < -0.4 is 0 Å². The highest BCUT2D eigenvalue weighted by Crippen LogP contribution is 2.12. The Kier molecular flexibility index (Phi) is 13.9. The van der Waals surface area contributed by atoms with Crippen LogP contribution in [0.4, 0.5) is 0 Å². The molecular weight excluding hydrogens is 364 g/mol. The maximum atomic E-state index is 11.7. The molecule has 24 heavy (non-hydrogen) atoms. The van der Waals surface area contributed by atoms with E-state index in [0.717, 1.165) is 23.7 Å². The fourth-order valence-corrected chi connectivity index (χ4v) is 3.16. The Labute approximate surface area is 156 Å². The van der Waals surface area contributed by atoms with E-state index in [1.807, 2.05) is 30.3 Å². The van der Waals surface area contributed by atoms with E-state index in [1.54, 1.807) is 0 Å². The Morgan fingerprint density at radius 3 is 1.79 bits per heavy atom. The van der Waals surface area contributed by atoms with Crippen molar-refractivity contribution in [2.75, 3.05) is 5.33 Å². The second-order valence-electron chi connectivity index (χ2n) is 6.47. The lowest BCUT2D eigenvalue weighted by atomic mass is 10.1. The monoisotopic (exact) mass is 396 g/mol. The predicted molar refractivity (Wildman–Crippen MR) is 105 cm³/mol. The van der Waals surface area contributed by atoms with Gasteiger partial charge in [-0.25, -0.2) is 0 Å². The van der Waals surface area contributed by atoms with Gasteiger partial charge in [-0.2, -0.15) is 0 Å². The zero-order valence-corrected chi connectivity index (χ0v) is 16.6. The van der Waals surface area contributed by atoms with Gasteiger partial charge in [0, 0.05) is 11.8 Å². The molecule has 0 spiro atoms. The second kappa shape index (κ2) is 15.7. The highest BCUT2D eigenvalue weighted by Gasteiger charge is 2.03. The third-order valence-corrected chi connectivity index (χ3v) is 4.82. The average Bonchev–Trinajstić information content (AvgIpc) is 2.62. The van der Waals surface area contributed by atoms with Crippen molar-refractivity contribution >= 4 is 21.9 Å². The number of benzene rings is 1. The molecule has 0 unspecified atom stereocenters. The molecule has 1 aromatic carbocycles. The molecule has 0 saturated carbocycles. The molecule has 2 nitrogen and oxygen atoms in total. The van der Waals surface area contributed by atoms with Gasteiger partial charge in [-0.05, 0) is 18.4 Å². The molecule has 0 saturated heterocycles. The summed E-state index contributed by atoms with van der Waals surface area (Å²) < 4.78 is 5.29. The molecule has 0 N–H and O–H groups in total. The number of carbonyl (C=O) groups is 1. The van der Waals surface area contributed by atoms with E-state index in [4.69, 9.17) is 4.74 Å². The summed E-state index contributed by atoms with van der Waals surface area (Å²) >= 11 is 3.47. The lowest BCUT2D eigenvalue weighted by Gasteiger charge is -2.05. The smallest absolute Gasteiger partial charge is 0.306 e. The number of carbonyl (C=O) groups excluding carboxylic acids is 1.